The smallest absolute Gasteiger partial charge is 0.263 e. The van der Waals surface area contributed by atoms with E-state index in [2.05, 4.69) is 10.0 Å². The summed E-state index contributed by atoms with van der Waals surface area (Å²) >= 11 is 0. The van der Waals surface area contributed by atoms with Gasteiger partial charge < -0.3 is 15.0 Å². The minimum atomic E-state index is -3.53. The van der Waals surface area contributed by atoms with Crippen molar-refractivity contribution < 1.29 is 22.7 Å². The Morgan fingerprint density at radius 3 is 2.38 bits per heavy atom. The van der Waals surface area contributed by atoms with Crippen LogP contribution in [0.5, 0.6) is 5.75 Å². The normalized spacial score (nSPS) is 14.9. The summed E-state index contributed by atoms with van der Waals surface area (Å²) in [5.41, 5.74) is 2.45. The lowest BCUT2D eigenvalue weighted by Crippen LogP contribution is -2.50. The monoisotopic (exact) mass is 521 g/mol. The van der Waals surface area contributed by atoms with Crippen LogP contribution in [0.2, 0.25) is 0 Å². The fourth-order valence-electron chi connectivity index (χ4n) is 4.05. The number of hydrogen-bond acceptors (Lipinski definition) is 5. The Balaban J connectivity index is 1.40. The van der Waals surface area contributed by atoms with Gasteiger partial charge in [-0.15, -0.1) is 0 Å². The van der Waals surface area contributed by atoms with Crippen LogP contribution in [0.25, 0.3) is 0 Å². The highest BCUT2D eigenvalue weighted by molar-refractivity contribution is 7.89. The quantitative estimate of drug-likeness (QED) is 0.425. The van der Waals surface area contributed by atoms with Crippen molar-refractivity contribution in [3.63, 3.8) is 0 Å². The molecule has 0 fully saturated rings. The van der Waals surface area contributed by atoms with Gasteiger partial charge in [-0.25, -0.2) is 13.1 Å². The predicted molar refractivity (Wildman–Crippen MR) is 142 cm³/mol. The Labute approximate surface area is 217 Å². The Kier molecular flexibility index (Phi) is 8.58. The molecular weight excluding hydrogens is 490 g/mol. The summed E-state index contributed by atoms with van der Waals surface area (Å²) in [5.74, 6) is 0.0543. The maximum absolute atomic E-state index is 13.3. The summed E-state index contributed by atoms with van der Waals surface area (Å²) in [7, 11) is -3.53. The molecule has 1 aliphatic heterocycles. The lowest BCUT2D eigenvalue weighted by molar-refractivity contribution is -0.128. The Hall–Kier alpha value is -3.69. The number of fused-ring (bicyclic) bond motifs is 1. The molecule has 1 aliphatic rings. The van der Waals surface area contributed by atoms with Crippen molar-refractivity contribution in [2.24, 2.45) is 0 Å². The number of hydrogen-bond donors (Lipinski definition) is 2. The van der Waals surface area contributed by atoms with E-state index in [-0.39, 0.29) is 29.7 Å². The van der Waals surface area contributed by atoms with E-state index >= 15 is 0 Å². The molecular formula is C28H31N3O5S. The Bertz CT molecular complexity index is 1330. The van der Waals surface area contributed by atoms with Crippen LogP contribution in [0.3, 0.4) is 0 Å². The number of nitrogens with zero attached hydrogens (tertiary/aromatic N) is 1. The summed E-state index contributed by atoms with van der Waals surface area (Å²) < 4.78 is 33.1. The minimum absolute atomic E-state index is 0.108. The van der Waals surface area contributed by atoms with E-state index in [1.54, 1.807) is 47.4 Å². The van der Waals surface area contributed by atoms with Gasteiger partial charge in [0.2, 0.25) is 15.9 Å². The topological polar surface area (TPSA) is 105 Å². The van der Waals surface area contributed by atoms with Gasteiger partial charge in [0.1, 0.15) is 5.75 Å². The molecule has 1 unspecified atom stereocenters. The van der Waals surface area contributed by atoms with Crippen molar-refractivity contribution in [1.82, 2.24) is 10.0 Å². The van der Waals surface area contributed by atoms with E-state index in [1.807, 2.05) is 43.3 Å². The van der Waals surface area contributed by atoms with E-state index < -0.39 is 16.1 Å². The van der Waals surface area contributed by atoms with Gasteiger partial charge in [-0.2, -0.15) is 0 Å². The molecule has 0 bridgehead atoms. The van der Waals surface area contributed by atoms with Gasteiger partial charge in [-0.05, 0) is 48.2 Å². The first-order valence-electron chi connectivity index (χ1n) is 12.3. The highest BCUT2D eigenvalue weighted by Gasteiger charge is 2.33. The van der Waals surface area contributed by atoms with Gasteiger partial charge in [-0.3, -0.25) is 9.59 Å². The highest BCUT2D eigenvalue weighted by atomic mass is 32.2. The third-order valence-electron chi connectivity index (χ3n) is 6.08. The molecule has 37 heavy (non-hydrogen) atoms. The van der Waals surface area contributed by atoms with Gasteiger partial charge in [0.15, 0.2) is 6.10 Å². The van der Waals surface area contributed by atoms with Gasteiger partial charge in [-0.1, -0.05) is 61.5 Å². The number of anilines is 1. The van der Waals surface area contributed by atoms with Gasteiger partial charge in [0.25, 0.3) is 5.91 Å². The van der Waals surface area contributed by atoms with Crippen LogP contribution in [-0.2, 0) is 32.6 Å². The molecule has 0 spiro atoms. The molecule has 3 aromatic carbocycles. The van der Waals surface area contributed by atoms with E-state index in [0.717, 1.165) is 11.1 Å². The predicted octanol–water partition coefficient (Wildman–Crippen LogP) is 3.42. The molecule has 2 amide bonds. The van der Waals surface area contributed by atoms with Crippen LogP contribution in [-0.4, -0.2) is 39.4 Å². The summed E-state index contributed by atoms with van der Waals surface area (Å²) in [5, 5.41) is 2.89. The molecule has 0 aromatic heterocycles. The maximum atomic E-state index is 13.3. The molecule has 0 radical (unpaired) electrons. The van der Waals surface area contributed by atoms with Crippen LogP contribution in [0, 0.1) is 0 Å². The molecule has 194 valence electrons. The van der Waals surface area contributed by atoms with Crippen LogP contribution < -0.4 is 19.7 Å². The minimum Gasteiger partial charge on any atom is -0.477 e. The molecule has 2 N–H and O–H groups in total. The lowest BCUT2D eigenvalue weighted by Gasteiger charge is -2.34. The van der Waals surface area contributed by atoms with E-state index in [1.165, 1.54) is 0 Å². The van der Waals surface area contributed by atoms with Gasteiger partial charge >= 0.3 is 0 Å². The number of amides is 2. The zero-order valence-electron chi connectivity index (χ0n) is 20.7. The second-order valence-electron chi connectivity index (χ2n) is 8.82. The highest BCUT2D eigenvalue weighted by Crippen LogP contribution is 2.33. The van der Waals surface area contributed by atoms with Crippen molar-refractivity contribution in [3.8, 4) is 5.75 Å². The molecule has 8 nitrogen and oxygen atoms in total. The number of ether oxygens (including phenoxy) is 1. The number of benzene rings is 3. The molecule has 0 saturated carbocycles. The van der Waals surface area contributed by atoms with Crippen LogP contribution in [0.4, 0.5) is 5.69 Å². The van der Waals surface area contributed by atoms with Crippen molar-refractivity contribution >= 4 is 27.5 Å². The first kappa shape index (κ1) is 26.4. The number of aryl methyl sites for hydroxylation is 1. The maximum Gasteiger partial charge on any atom is 0.263 e. The molecule has 0 aliphatic carbocycles. The van der Waals surface area contributed by atoms with Crippen molar-refractivity contribution in [2.45, 2.75) is 43.7 Å². The second kappa shape index (κ2) is 12.0. The Morgan fingerprint density at radius 2 is 1.65 bits per heavy atom. The molecule has 1 heterocycles. The molecule has 3 aromatic rings. The zero-order chi connectivity index (χ0) is 26.3. The van der Waals surface area contributed by atoms with E-state index in [0.29, 0.717) is 37.4 Å². The molecule has 0 saturated heterocycles. The Morgan fingerprint density at radius 1 is 0.946 bits per heavy atom. The first-order valence-corrected chi connectivity index (χ1v) is 13.8. The number of sulfonamides is 1. The van der Waals surface area contributed by atoms with E-state index in [4.69, 9.17) is 4.74 Å². The fourth-order valence-corrected chi connectivity index (χ4v) is 5.18. The van der Waals surface area contributed by atoms with Crippen LogP contribution in [0.15, 0.2) is 83.8 Å². The number of carbonyl (C=O) groups is 2. The van der Waals surface area contributed by atoms with Crippen molar-refractivity contribution in [3.05, 3.63) is 90.0 Å². The number of carbonyl (C=O) groups excluding carboxylic acids is 2. The van der Waals surface area contributed by atoms with Gasteiger partial charge in [0.05, 0.1) is 17.1 Å². The average Bonchev–Trinajstić information content (AvgIpc) is 2.93. The number of para-hydroxylation sites is 2. The number of nitrogens with one attached hydrogen (secondary N) is 2. The molecule has 4 rings (SSSR count). The summed E-state index contributed by atoms with van der Waals surface area (Å²) in [6.45, 7) is 2.76. The lowest BCUT2D eigenvalue weighted by atomic mass is 10.1. The second-order valence-corrected chi connectivity index (χ2v) is 10.6. The van der Waals surface area contributed by atoms with Crippen LogP contribution >= 0.6 is 0 Å². The first-order chi connectivity index (χ1) is 17.9. The van der Waals surface area contributed by atoms with Crippen molar-refractivity contribution in [2.75, 3.05) is 18.0 Å². The summed E-state index contributed by atoms with van der Waals surface area (Å²) in [6, 6.07) is 23.3. The zero-order valence-corrected chi connectivity index (χ0v) is 21.5. The summed E-state index contributed by atoms with van der Waals surface area (Å²) in [6.07, 6.45) is 0.515. The molecule has 1 atom stereocenters. The van der Waals surface area contributed by atoms with Crippen molar-refractivity contribution in [1.29, 1.82) is 0 Å². The fraction of sp³-hybridized carbons (Fsp3) is 0.286. The van der Waals surface area contributed by atoms with Crippen LogP contribution in [0.1, 0.15) is 30.9 Å². The third-order valence-corrected chi connectivity index (χ3v) is 7.56. The molecule has 9 heteroatoms. The van der Waals surface area contributed by atoms with E-state index in [9.17, 15) is 18.0 Å². The number of rotatable bonds is 10. The SMILES string of the molecule is CCCNS(=O)(=O)c1ccc(CCC(=O)N2CC(C(=O)NCc3ccccc3)Oc3ccccc32)cc1. The van der Waals surface area contributed by atoms with Gasteiger partial charge in [0, 0.05) is 19.5 Å². The third kappa shape index (κ3) is 6.75. The largest absolute Gasteiger partial charge is 0.477 e. The average molecular weight is 522 g/mol. The standard InChI is InChI=1S/C28H31N3O5S/c1-2-18-30-37(34,35)23-15-12-21(13-16-23)14-17-27(32)31-20-26(36-25-11-7-6-10-24(25)31)28(33)29-19-22-8-4-3-5-9-22/h3-13,15-16,26,30H,2,14,17-20H2,1H3,(H,29,33). The summed E-state index contributed by atoms with van der Waals surface area (Å²) in [4.78, 5) is 27.9.